The van der Waals surface area contributed by atoms with Crippen LogP contribution in [0.1, 0.15) is 132 Å². The van der Waals surface area contributed by atoms with E-state index in [0.29, 0.717) is 18.5 Å². The summed E-state index contributed by atoms with van der Waals surface area (Å²) in [4.78, 5) is 5.37. The van der Waals surface area contributed by atoms with Gasteiger partial charge in [0.05, 0.1) is 6.20 Å². The summed E-state index contributed by atoms with van der Waals surface area (Å²) in [5.74, 6) is 0.719. The maximum Gasteiger partial charge on any atom is 0.0568 e. The molecule has 49 heavy (non-hydrogen) atoms. The lowest BCUT2D eigenvalue weighted by molar-refractivity contribution is 0.509. The van der Waals surface area contributed by atoms with E-state index in [4.69, 9.17) is 5.41 Å². The molecule has 6 heteroatoms. The van der Waals surface area contributed by atoms with Gasteiger partial charge in [-0.25, -0.2) is 0 Å². The zero-order valence-corrected chi connectivity index (χ0v) is 31.7. The van der Waals surface area contributed by atoms with Gasteiger partial charge in [0.25, 0.3) is 0 Å². The Morgan fingerprint density at radius 1 is 0.918 bits per heavy atom. The van der Waals surface area contributed by atoms with Gasteiger partial charge in [-0.05, 0) is 146 Å². The molecule has 2 aliphatic heterocycles. The molecule has 2 aromatic carbocycles. The van der Waals surface area contributed by atoms with Crippen molar-refractivity contribution in [3.63, 3.8) is 0 Å². The maximum absolute atomic E-state index is 7.60. The van der Waals surface area contributed by atoms with Gasteiger partial charge in [0.15, 0.2) is 0 Å². The van der Waals surface area contributed by atoms with E-state index in [1.165, 1.54) is 152 Å². The predicted octanol–water partition coefficient (Wildman–Crippen LogP) is 10.2. The number of anilines is 2. The molecule has 2 N–H and O–H groups in total. The lowest BCUT2D eigenvalue weighted by Gasteiger charge is -2.38. The molecular weight excluding hydrogens is 601 g/mol. The summed E-state index contributed by atoms with van der Waals surface area (Å²) in [6.07, 6.45) is 23.5. The van der Waals surface area contributed by atoms with Crippen molar-refractivity contribution in [2.45, 2.75) is 136 Å². The highest BCUT2D eigenvalue weighted by atomic mass is 15.2. The molecule has 6 rings (SSSR count). The van der Waals surface area contributed by atoms with Crippen LogP contribution in [-0.4, -0.2) is 48.2 Å². The highest BCUT2D eigenvalue weighted by molar-refractivity contribution is 5.82. The molecule has 0 bridgehead atoms. The van der Waals surface area contributed by atoms with Crippen LogP contribution in [0.4, 0.5) is 11.4 Å². The normalized spacial score (nSPS) is 17.1. The van der Waals surface area contributed by atoms with Crippen molar-refractivity contribution in [2.75, 3.05) is 29.9 Å². The minimum atomic E-state index is 0.672. The van der Waals surface area contributed by atoms with Gasteiger partial charge in [0.2, 0.25) is 0 Å². The maximum atomic E-state index is 7.60. The number of aryl methyl sites for hydroxylation is 4. The molecule has 2 unspecified atom stereocenters. The molecule has 6 nitrogen and oxygen atoms in total. The molecule has 3 heterocycles. The van der Waals surface area contributed by atoms with Crippen LogP contribution in [0.2, 0.25) is 0 Å². The van der Waals surface area contributed by atoms with Crippen LogP contribution >= 0.6 is 0 Å². The van der Waals surface area contributed by atoms with Crippen LogP contribution in [0.5, 0.6) is 0 Å². The Labute approximate surface area is 297 Å². The van der Waals surface area contributed by atoms with Gasteiger partial charge in [-0.2, -0.15) is 5.10 Å². The zero-order chi connectivity index (χ0) is 34.9. The van der Waals surface area contributed by atoms with Crippen molar-refractivity contribution in [3.05, 3.63) is 70.7 Å². The second-order valence-corrected chi connectivity index (χ2v) is 14.7. The van der Waals surface area contributed by atoms with Gasteiger partial charge in [0.1, 0.15) is 0 Å². The van der Waals surface area contributed by atoms with Crippen LogP contribution in [0.15, 0.2) is 42.9 Å². The second kappa shape index (κ2) is 17.4. The van der Waals surface area contributed by atoms with E-state index in [0.717, 1.165) is 5.92 Å². The first-order chi connectivity index (χ1) is 23.9. The van der Waals surface area contributed by atoms with Crippen molar-refractivity contribution >= 4 is 23.2 Å². The highest BCUT2D eigenvalue weighted by Crippen LogP contribution is 2.47. The minimum absolute atomic E-state index is 0.672. The molecule has 2 atom stereocenters. The van der Waals surface area contributed by atoms with Crippen LogP contribution in [0, 0.1) is 12.3 Å². The van der Waals surface area contributed by atoms with Crippen LogP contribution in [0.25, 0.3) is 16.7 Å². The highest BCUT2D eigenvalue weighted by Gasteiger charge is 2.31. The third kappa shape index (κ3) is 8.61. The molecule has 0 spiro atoms. The number of nitrogens with one attached hydrogen (secondary N) is 2. The summed E-state index contributed by atoms with van der Waals surface area (Å²) >= 11 is 0. The molecule has 1 fully saturated rings. The smallest absolute Gasteiger partial charge is 0.0568 e. The topological polar surface area (TPSA) is 60.2 Å². The van der Waals surface area contributed by atoms with E-state index in [1.54, 1.807) is 0 Å². The summed E-state index contributed by atoms with van der Waals surface area (Å²) in [5, 5.41) is 15.1. The number of fused-ring (bicyclic) bond motifs is 2. The lowest BCUT2D eigenvalue weighted by atomic mass is 9.88. The number of aromatic nitrogens is 2. The van der Waals surface area contributed by atoms with Crippen molar-refractivity contribution < 1.29 is 0 Å². The van der Waals surface area contributed by atoms with E-state index in [1.807, 2.05) is 25.0 Å². The number of hydrogen-bond acceptors (Lipinski definition) is 5. The van der Waals surface area contributed by atoms with Crippen LogP contribution in [-0.2, 0) is 19.9 Å². The lowest BCUT2D eigenvalue weighted by Crippen LogP contribution is -2.39. The molecule has 1 aliphatic carbocycles. The standard InChI is InChI=1S/C23H35N3.C20H29N3/c1-4-7-20(5-2)26-13-6-8-18-14-21(19(11-12-24)16-25-3)22(15-23(18)26)17-9-10-17;1-5-8-18(6-2)23-10-7-9-16-12-19(15(3)11-20(16)23)17-13-21-22(4)14-17/h12,14-17,20,24-25H,4-11,13H2,1-3H3;11-14,18H,5-10H2,1-4H3/b19-16+,24-12?;. The quantitative estimate of drug-likeness (QED) is 0.168. The number of hydrogen-bond donors (Lipinski definition) is 2. The van der Waals surface area contributed by atoms with Gasteiger partial charge in [-0.1, -0.05) is 40.5 Å². The van der Waals surface area contributed by atoms with E-state index in [2.05, 4.69) is 91.5 Å². The molecular formula is C43H64N6. The molecule has 0 saturated heterocycles. The average molecular weight is 665 g/mol. The fourth-order valence-corrected chi connectivity index (χ4v) is 8.44. The fraction of sp³-hybridized carbons (Fsp3) is 0.581. The predicted molar refractivity (Wildman–Crippen MR) is 212 cm³/mol. The number of nitrogens with zero attached hydrogens (tertiary/aromatic N) is 4. The Balaban J connectivity index is 0.000000192. The molecule has 266 valence electrons. The van der Waals surface area contributed by atoms with Gasteiger partial charge >= 0.3 is 0 Å². The Morgan fingerprint density at radius 2 is 1.53 bits per heavy atom. The van der Waals surface area contributed by atoms with Gasteiger partial charge in [-0.15, -0.1) is 0 Å². The summed E-state index contributed by atoms with van der Waals surface area (Å²) < 4.78 is 1.88. The van der Waals surface area contributed by atoms with Crippen molar-refractivity contribution in [3.8, 4) is 11.1 Å². The third-order valence-electron chi connectivity index (χ3n) is 11.1. The zero-order valence-electron chi connectivity index (χ0n) is 31.7. The Bertz CT molecular complexity index is 1560. The first-order valence-electron chi connectivity index (χ1n) is 19.5. The first kappa shape index (κ1) is 36.7. The van der Waals surface area contributed by atoms with E-state index in [-0.39, 0.29) is 0 Å². The van der Waals surface area contributed by atoms with Gasteiger partial charge < -0.3 is 20.5 Å². The minimum Gasteiger partial charge on any atom is -0.394 e. The van der Waals surface area contributed by atoms with E-state index < -0.39 is 0 Å². The van der Waals surface area contributed by atoms with Crippen molar-refractivity contribution in [1.82, 2.24) is 15.1 Å². The molecule has 3 aliphatic rings. The molecule has 0 amide bonds. The molecule has 1 aromatic heterocycles. The first-order valence-corrected chi connectivity index (χ1v) is 19.5. The van der Waals surface area contributed by atoms with Crippen LogP contribution in [0.3, 0.4) is 0 Å². The summed E-state index contributed by atoms with van der Waals surface area (Å²) in [6.45, 7) is 13.9. The van der Waals surface area contributed by atoms with E-state index in [9.17, 15) is 0 Å². The monoisotopic (exact) mass is 665 g/mol. The molecule has 3 aromatic rings. The Hall–Kier alpha value is -3.54. The number of benzene rings is 2. The number of rotatable bonds is 14. The Kier molecular flexibility index (Phi) is 13.0. The van der Waals surface area contributed by atoms with Gasteiger partial charge in [-0.3, -0.25) is 4.68 Å². The van der Waals surface area contributed by atoms with Gasteiger partial charge in [0, 0.05) is 75.0 Å². The van der Waals surface area contributed by atoms with Crippen molar-refractivity contribution in [2.24, 2.45) is 7.05 Å². The SMILES string of the molecule is CCCC(CC)N1CCCc2cc(-c3cnn(C)c3)c(C)cc21.CCCC(CC)N1CCCc2cc(/C(=C/NC)CC=N)c(C3CC3)cc21. The summed E-state index contributed by atoms with van der Waals surface area (Å²) in [5.41, 5.74) is 14.1. The third-order valence-corrected chi connectivity index (χ3v) is 11.1. The summed E-state index contributed by atoms with van der Waals surface area (Å²) in [6, 6.07) is 11.2. The fourth-order valence-electron chi connectivity index (χ4n) is 8.44. The Morgan fingerprint density at radius 3 is 2.04 bits per heavy atom. The van der Waals surface area contributed by atoms with Crippen LogP contribution < -0.4 is 15.1 Å². The van der Waals surface area contributed by atoms with Crippen molar-refractivity contribution in [1.29, 1.82) is 5.41 Å². The molecule has 1 saturated carbocycles. The largest absolute Gasteiger partial charge is 0.394 e. The molecule has 0 radical (unpaired) electrons. The second-order valence-electron chi connectivity index (χ2n) is 14.7. The van der Waals surface area contributed by atoms with E-state index >= 15 is 0 Å². The number of allylic oxidation sites excluding steroid dienone is 1. The average Bonchev–Trinajstić information content (AvgIpc) is 3.87. The summed E-state index contributed by atoms with van der Waals surface area (Å²) in [7, 11) is 3.94.